The summed E-state index contributed by atoms with van der Waals surface area (Å²) in [6.45, 7) is 0.516. The predicted octanol–water partition coefficient (Wildman–Crippen LogP) is -0.174. The number of carboxylic acids is 1. The third-order valence-corrected chi connectivity index (χ3v) is 1.66. The molecule has 6 nitrogen and oxygen atoms in total. The molecule has 0 saturated heterocycles. The van der Waals surface area contributed by atoms with E-state index in [0.717, 1.165) is 0 Å². The van der Waals surface area contributed by atoms with Crippen molar-refractivity contribution < 1.29 is 9.90 Å². The van der Waals surface area contributed by atoms with Gasteiger partial charge in [0, 0.05) is 13.0 Å². The highest BCUT2D eigenvalue weighted by Crippen LogP contribution is 1.96. The molecule has 0 spiro atoms. The van der Waals surface area contributed by atoms with Gasteiger partial charge in [-0.3, -0.25) is 9.36 Å². The summed E-state index contributed by atoms with van der Waals surface area (Å²) < 4.78 is 1.42. The number of nitrogens with one attached hydrogen (secondary N) is 1. The van der Waals surface area contributed by atoms with Crippen molar-refractivity contribution in [2.45, 2.75) is 25.8 Å². The van der Waals surface area contributed by atoms with E-state index in [1.54, 1.807) is 0 Å². The van der Waals surface area contributed by atoms with Crippen molar-refractivity contribution in [1.82, 2.24) is 14.8 Å². The van der Waals surface area contributed by atoms with E-state index < -0.39 is 5.97 Å². The molecule has 0 aliphatic carbocycles. The first kappa shape index (κ1) is 9.50. The smallest absolute Gasteiger partial charge is 0.343 e. The Bertz CT molecular complexity index is 328. The lowest BCUT2D eigenvalue weighted by Gasteiger charge is -1.97. The molecule has 0 atom stereocenters. The predicted molar refractivity (Wildman–Crippen MR) is 44.3 cm³/mol. The fourth-order valence-electron chi connectivity index (χ4n) is 0.988. The van der Waals surface area contributed by atoms with Crippen LogP contribution in [0.1, 0.15) is 19.3 Å². The minimum Gasteiger partial charge on any atom is -0.481 e. The number of H-pyrrole nitrogens is 1. The van der Waals surface area contributed by atoms with Gasteiger partial charge in [-0.15, -0.1) is 0 Å². The zero-order chi connectivity index (χ0) is 9.68. The Labute approximate surface area is 74.2 Å². The van der Waals surface area contributed by atoms with Gasteiger partial charge in [0.1, 0.15) is 6.33 Å². The van der Waals surface area contributed by atoms with E-state index in [1.165, 1.54) is 10.9 Å². The van der Waals surface area contributed by atoms with Crippen LogP contribution in [-0.2, 0) is 11.3 Å². The molecular formula is C7H11N3O3. The molecular weight excluding hydrogens is 174 g/mol. The third kappa shape index (κ3) is 3.10. The molecule has 1 aromatic heterocycles. The standard InChI is InChI=1S/C7H11N3O3/c11-6(12)3-1-2-4-10-5-8-9-7(10)13/h5H,1-4H2,(H,9,13)(H,11,12). The molecule has 72 valence electrons. The van der Waals surface area contributed by atoms with Crippen molar-refractivity contribution in [3.63, 3.8) is 0 Å². The molecule has 1 rings (SSSR count). The number of aliphatic carboxylic acids is 1. The number of rotatable bonds is 5. The van der Waals surface area contributed by atoms with E-state index in [2.05, 4.69) is 10.2 Å². The first-order valence-corrected chi connectivity index (χ1v) is 4.02. The summed E-state index contributed by atoms with van der Waals surface area (Å²) in [7, 11) is 0. The van der Waals surface area contributed by atoms with Crippen LogP contribution in [0.2, 0.25) is 0 Å². The van der Waals surface area contributed by atoms with Crippen LogP contribution in [-0.4, -0.2) is 25.8 Å². The van der Waals surface area contributed by atoms with Crippen LogP contribution in [0.3, 0.4) is 0 Å². The maximum atomic E-state index is 10.9. The highest BCUT2D eigenvalue weighted by atomic mass is 16.4. The fourth-order valence-corrected chi connectivity index (χ4v) is 0.988. The van der Waals surface area contributed by atoms with Crippen molar-refractivity contribution >= 4 is 5.97 Å². The molecule has 0 aromatic carbocycles. The average Bonchev–Trinajstić information content (AvgIpc) is 2.45. The van der Waals surface area contributed by atoms with Gasteiger partial charge < -0.3 is 5.11 Å². The third-order valence-electron chi connectivity index (χ3n) is 1.66. The SMILES string of the molecule is O=C(O)CCCCn1cn[nH]c1=O. The molecule has 0 unspecified atom stereocenters. The zero-order valence-corrected chi connectivity index (χ0v) is 7.06. The Morgan fingerprint density at radius 2 is 2.38 bits per heavy atom. The monoisotopic (exact) mass is 185 g/mol. The fraction of sp³-hybridized carbons (Fsp3) is 0.571. The molecule has 6 heteroatoms. The molecule has 0 aliphatic heterocycles. The summed E-state index contributed by atoms with van der Waals surface area (Å²) >= 11 is 0. The summed E-state index contributed by atoms with van der Waals surface area (Å²) in [5, 5.41) is 14.1. The molecule has 0 aliphatic rings. The van der Waals surface area contributed by atoms with Crippen LogP contribution in [0.5, 0.6) is 0 Å². The summed E-state index contributed by atoms with van der Waals surface area (Å²) in [4.78, 5) is 21.0. The Hall–Kier alpha value is -1.59. The minimum absolute atomic E-state index is 0.145. The van der Waals surface area contributed by atoms with E-state index in [1.807, 2.05) is 0 Å². The number of unbranched alkanes of at least 4 members (excludes halogenated alkanes) is 1. The van der Waals surface area contributed by atoms with E-state index in [9.17, 15) is 9.59 Å². The van der Waals surface area contributed by atoms with Crippen LogP contribution in [0.15, 0.2) is 11.1 Å². The van der Waals surface area contributed by atoms with E-state index in [-0.39, 0.29) is 12.1 Å². The molecule has 0 amide bonds. The number of aryl methyl sites for hydroxylation is 1. The van der Waals surface area contributed by atoms with Gasteiger partial charge in [0.2, 0.25) is 0 Å². The van der Waals surface area contributed by atoms with Crippen molar-refractivity contribution in [2.75, 3.05) is 0 Å². The molecule has 13 heavy (non-hydrogen) atoms. The first-order valence-electron chi connectivity index (χ1n) is 4.02. The van der Waals surface area contributed by atoms with E-state index in [4.69, 9.17) is 5.11 Å². The van der Waals surface area contributed by atoms with Gasteiger partial charge in [-0.2, -0.15) is 5.10 Å². The number of carbonyl (C=O) groups is 1. The Balaban J connectivity index is 2.24. The van der Waals surface area contributed by atoms with Gasteiger partial charge in [-0.05, 0) is 12.8 Å². The van der Waals surface area contributed by atoms with E-state index in [0.29, 0.717) is 19.4 Å². The lowest BCUT2D eigenvalue weighted by molar-refractivity contribution is -0.137. The Morgan fingerprint density at radius 1 is 1.62 bits per heavy atom. The Kier molecular flexibility index (Phi) is 3.24. The number of hydrogen-bond acceptors (Lipinski definition) is 3. The second-order valence-electron chi connectivity index (χ2n) is 2.71. The van der Waals surface area contributed by atoms with Crippen LogP contribution in [0.4, 0.5) is 0 Å². The van der Waals surface area contributed by atoms with Crippen molar-refractivity contribution in [2.24, 2.45) is 0 Å². The quantitative estimate of drug-likeness (QED) is 0.623. The van der Waals surface area contributed by atoms with Crippen molar-refractivity contribution in [3.8, 4) is 0 Å². The zero-order valence-electron chi connectivity index (χ0n) is 7.06. The number of aromatic amines is 1. The van der Waals surface area contributed by atoms with E-state index >= 15 is 0 Å². The molecule has 1 heterocycles. The number of hydrogen-bond donors (Lipinski definition) is 2. The number of nitrogens with zero attached hydrogens (tertiary/aromatic N) is 2. The van der Waals surface area contributed by atoms with Gasteiger partial charge in [0.05, 0.1) is 0 Å². The molecule has 0 radical (unpaired) electrons. The maximum Gasteiger partial charge on any atom is 0.343 e. The average molecular weight is 185 g/mol. The minimum atomic E-state index is -0.806. The van der Waals surface area contributed by atoms with Crippen LogP contribution in [0, 0.1) is 0 Å². The number of aromatic nitrogens is 3. The first-order chi connectivity index (χ1) is 6.20. The Morgan fingerprint density at radius 3 is 2.92 bits per heavy atom. The highest BCUT2D eigenvalue weighted by Gasteiger charge is 1.98. The summed E-state index contributed by atoms with van der Waals surface area (Å²) in [5.41, 5.74) is -0.254. The normalized spacial score (nSPS) is 10.2. The van der Waals surface area contributed by atoms with Gasteiger partial charge in [-0.1, -0.05) is 0 Å². The van der Waals surface area contributed by atoms with Crippen LogP contribution >= 0.6 is 0 Å². The second kappa shape index (κ2) is 4.44. The summed E-state index contributed by atoms with van der Waals surface area (Å²) in [6, 6.07) is 0. The molecule has 0 bridgehead atoms. The maximum absolute atomic E-state index is 10.9. The van der Waals surface area contributed by atoms with Crippen LogP contribution in [0.25, 0.3) is 0 Å². The largest absolute Gasteiger partial charge is 0.481 e. The molecule has 0 saturated carbocycles. The molecule has 0 fully saturated rings. The lowest BCUT2D eigenvalue weighted by Crippen LogP contribution is -2.16. The summed E-state index contributed by atoms with van der Waals surface area (Å²) in [6.07, 6.45) is 2.80. The summed E-state index contributed by atoms with van der Waals surface area (Å²) in [5.74, 6) is -0.806. The van der Waals surface area contributed by atoms with Gasteiger partial charge in [-0.25, -0.2) is 9.89 Å². The highest BCUT2D eigenvalue weighted by molar-refractivity contribution is 5.66. The van der Waals surface area contributed by atoms with Gasteiger partial charge >= 0.3 is 11.7 Å². The lowest BCUT2D eigenvalue weighted by atomic mass is 10.2. The van der Waals surface area contributed by atoms with Crippen LogP contribution < -0.4 is 5.69 Å². The molecule has 1 aromatic rings. The van der Waals surface area contributed by atoms with Gasteiger partial charge in [0.25, 0.3) is 0 Å². The van der Waals surface area contributed by atoms with Crippen molar-refractivity contribution in [1.29, 1.82) is 0 Å². The van der Waals surface area contributed by atoms with Gasteiger partial charge in [0.15, 0.2) is 0 Å². The second-order valence-corrected chi connectivity index (χ2v) is 2.71. The molecule has 2 N–H and O–H groups in total. The van der Waals surface area contributed by atoms with Crippen molar-refractivity contribution in [3.05, 3.63) is 16.8 Å². The topological polar surface area (TPSA) is 88.0 Å². The number of carboxylic acid groups (broad SMARTS) is 1.